The average Bonchev–Trinajstić information content (AvgIpc) is 2.04. The molecule has 0 aliphatic heterocycles. The van der Waals surface area contributed by atoms with E-state index in [2.05, 4.69) is 4.98 Å². The molecule has 0 radical (unpaired) electrons. The van der Waals surface area contributed by atoms with Gasteiger partial charge in [-0.3, -0.25) is 4.98 Å². The maximum absolute atomic E-state index is 9.09. The number of benzene rings is 1. The second-order valence-corrected chi connectivity index (χ2v) is 2.38. The van der Waals surface area contributed by atoms with Crippen LogP contribution in [0.25, 0.3) is 10.9 Å². The molecule has 2 rings (SSSR count). The minimum absolute atomic E-state index is 0. The maximum Gasteiger partial charge on any atom is 0.117 e. The number of rotatable bonds is 0. The topological polar surface area (TPSA) is 33.1 Å². The summed E-state index contributed by atoms with van der Waals surface area (Å²) in [4.78, 5) is 4.08. The van der Waals surface area contributed by atoms with Crippen LogP contribution in [0.5, 0.6) is 5.75 Å². The van der Waals surface area contributed by atoms with Crippen molar-refractivity contribution in [2.45, 2.75) is 0 Å². The van der Waals surface area contributed by atoms with Crippen LogP contribution in [0.1, 0.15) is 0 Å². The molecule has 56 valence electrons. The van der Waals surface area contributed by atoms with E-state index in [0.29, 0.717) is 0 Å². The van der Waals surface area contributed by atoms with Gasteiger partial charge in [0.05, 0.1) is 5.52 Å². The molecule has 0 unspecified atom stereocenters. The standard InChI is InChI=1S/C9H7NO.Zn/c11-8-4-3-7-2-1-5-10-9(7)6-8;/h1-6,11H;. The van der Waals surface area contributed by atoms with Crippen LogP contribution >= 0.6 is 0 Å². The second kappa shape index (κ2) is 3.64. The van der Waals surface area contributed by atoms with E-state index in [1.807, 2.05) is 18.2 Å². The summed E-state index contributed by atoms with van der Waals surface area (Å²) in [6, 6.07) is 8.98. The summed E-state index contributed by atoms with van der Waals surface area (Å²) < 4.78 is 0. The Balaban J connectivity index is 0.000000720. The largest absolute Gasteiger partial charge is 0.508 e. The first-order chi connectivity index (χ1) is 5.36. The fourth-order valence-corrected chi connectivity index (χ4v) is 1.05. The van der Waals surface area contributed by atoms with Crippen molar-refractivity contribution in [1.82, 2.24) is 4.98 Å². The molecule has 0 aliphatic rings. The van der Waals surface area contributed by atoms with E-state index in [0.717, 1.165) is 10.9 Å². The molecule has 2 nitrogen and oxygen atoms in total. The molecule has 1 N–H and O–H groups in total. The molecule has 1 heterocycles. The van der Waals surface area contributed by atoms with Gasteiger partial charge in [-0.25, -0.2) is 0 Å². The van der Waals surface area contributed by atoms with Gasteiger partial charge in [0.15, 0.2) is 0 Å². The first kappa shape index (κ1) is 9.14. The maximum atomic E-state index is 9.09. The minimum atomic E-state index is 0. The Morgan fingerprint density at radius 1 is 1.17 bits per heavy atom. The summed E-state index contributed by atoms with van der Waals surface area (Å²) in [6.45, 7) is 0. The number of pyridine rings is 1. The number of aromatic hydroxyl groups is 1. The molecule has 12 heavy (non-hydrogen) atoms. The zero-order valence-electron chi connectivity index (χ0n) is 6.57. The Hall–Kier alpha value is -0.947. The summed E-state index contributed by atoms with van der Waals surface area (Å²) in [5.74, 6) is 0.260. The van der Waals surface area contributed by atoms with Crippen molar-refractivity contribution in [3.8, 4) is 5.75 Å². The van der Waals surface area contributed by atoms with E-state index in [1.165, 1.54) is 0 Å². The van der Waals surface area contributed by atoms with E-state index in [1.54, 1.807) is 18.3 Å². The second-order valence-electron chi connectivity index (χ2n) is 2.38. The summed E-state index contributed by atoms with van der Waals surface area (Å²) >= 11 is 0. The molecule has 0 fully saturated rings. The molecule has 1 aromatic carbocycles. The Kier molecular flexibility index (Phi) is 2.77. The quantitative estimate of drug-likeness (QED) is 0.674. The van der Waals surface area contributed by atoms with E-state index < -0.39 is 0 Å². The van der Waals surface area contributed by atoms with Gasteiger partial charge in [-0.1, -0.05) is 6.07 Å². The Bertz CT molecular complexity index is 389. The van der Waals surface area contributed by atoms with Crippen LogP contribution in [0.4, 0.5) is 0 Å². The number of fused-ring (bicyclic) bond motifs is 1. The van der Waals surface area contributed by atoms with Gasteiger partial charge in [-0.15, -0.1) is 0 Å². The van der Waals surface area contributed by atoms with Crippen molar-refractivity contribution in [1.29, 1.82) is 0 Å². The summed E-state index contributed by atoms with van der Waals surface area (Å²) in [6.07, 6.45) is 1.71. The SMILES string of the molecule is Oc1ccc2cccnc2c1.[Zn]. The van der Waals surface area contributed by atoms with Crippen molar-refractivity contribution in [2.75, 3.05) is 0 Å². The number of phenolic OH excluding ortho intramolecular Hbond substituents is 1. The molecular formula is C9H7NOZn. The third-order valence-corrected chi connectivity index (χ3v) is 1.59. The Morgan fingerprint density at radius 3 is 2.83 bits per heavy atom. The molecule has 0 saturated carbocycles. The average molecular weight is 211 g/mol. The van der Waals surface area contributed by atoms with E-state index in [4.69, 9.17) is 5.11 Å². The molecule has 3 heteroatoms. The van der Waals surface area contributed by atoms with E-state index >= 15 is 0 Å². The molecule has 0 amide bonds. The molecular weight excluding hydrogens is 203 g/mol. The van der Waals surface area contributed by atoms with Gasteiger partial charge < -0.3 is 5.11 Å². The molecule has 1 aromatic heterocycles. The van der Waals surface area contributed by atoms with Gasteiger partial charge in [-0.05, 0) is 18.2 Å². The third kappa shape index (κ3) is 1.62. The van der Waals surface area contributed by atoms with Gasteiger partial charge in [-0.2, -0.15) is 0 Å². The van der Waals surface area contributed by atoms with Gasteiger partial charge in [0, 0.05) is 37.1 Å². The number of aromatic nitrogens is 1. The van der Waals surface area contributed by atoms with Crippen LogP contribution in [0.3, 0.4) is 0 Å². The van der Waals surface area contributed by atoms with Gasteiger partial charge in [0.1, 0.15) is 5.75 Å². The summed E-state index contributed by atoms with van der Waals surface area (Å²) in [5, 5.41) is 10.1. The van der Waals surface area contributed by atoms with Gasteiger partial charge in [0.25, 0.3) is 0 Å². The smallest absolute Gasteiger partial charge is 0.117 e. The van der Waals surface area contributed by atoms with Crippen molar-refractivity contribution in [3.05, 3.63) is 36.5 Å². The van der Waals surface area contributed by atoms with E-state index in [-0.39, 0.29) is 25.2 Å². The fourth-order valence-electron chi connectivity index (χ4n) is 1.05. The Labute approximate surface area is 83.0 Å². The number of hydrogen-bond acceptors (Lipinski definition) is 2. The molecule has 2 aromatic rings. The van der Waals surface area contributed by atoms with Crippen molar-refractivity contribution in [3.63, 3.8) is 0 Å². The van der Waals surface area contributed by atoms with Crippen LogP contribution in [0, 0.1) is 0 Å². The minimum Gasteiger partial charge on any atom is -0.508 e. The van der Waals surface area contributed by atoms with Crippen molar-refractivity contribution < 1.29 is 24.6 Å². The van der Waals surface area contributed by atoms with Gasteiger partial charge >= 0.3 is 0 Å². The molecule has 0 atom stereocenters. The fraction of sp³-hybridized carbons (Fsp3) is 0. The zero-order valence-corrected chi connectivity index (χ0v) is 9.53. The van der Waals surface area contributed by atoms with Crippen molar-refractivity contribution >= 4 is 10.9 Å². The number of hydrogen-bond donors (Lipinski definition) is 1. The van der Waals surface area contributed by atoms with E-state index in [9.17, 15) is 0 Å². The number of nitrogens with zero attached hydrogens (tertiary/aromatic N) is 1. The van der Waals surface area contributed by atoms with Gasteiger partial charge in [0.2, 0.25) is 0 Å². The van der Waals surface area contributed by atoms with Crippen LogP contribution < -0.4 is 0 Å². The summed E-state index contributed by atoms with van der Waals surface area (Å²) in [5.41, 5.74) is 0.826. The first-order valence-corrected chi connectivity index (χ1v) is 3.40. The molecule has 0 spiro atoms. The number of phenols is 1. The molecule has 0 aliphatic carbocycles. The van der Waals surface area contributed by atoms with Crippen LogP contribution in [-0.2, 0) is 19.5 Å². The van der Waals surface area contributed by atoms with Crippen LogP contribution in [-0.4, -0.2) is 10.1 Å². The van der Waals surface area contributed by atoms with Crippen LogP contribution in [0.2, 0.25) is 0 Å². The zero-order chi connectivity index (χ0) is 7.68. The Morgan fingerprint density at radius 2 is 2.00 bits per heavy atom. The summed E-state index contributed by atoms with van der Waals surface area (Å²) in [7, 11) is 0. The predicted octanol–water partition coefficient (Wildman–Crippen LogP) is 1.94. The first-order valence-electron chi connectivity index (χ1n) is 3.40. The molecule has 0 bridgehead atoms. The van der Waals surface area contributed by atoms with Crippen LogP contribution in [0.15, 0.2) is 36.5 Å². The third-order valence-electron chi connectivity index (χ3n) is 1.59. The monoisotopic (exact) mass is 209 g/mol. The normalized spacial score (nSPS) is 9.33. The molecule has 0 saturated heterocycles. The van der Waals surface area contributed by atoms with Crippen molar-refractivity contribution in [2.24, 2.45) is 0 Å². The predicted molar refractivity (Wildman–Crippen MR) is 43.4 cm³/mol.